The second-order valence-electron chi connectivity index (χ2n) is 1.79. The molecule has 0 aliphatic heterocycles. The molecule has 2 nitrogen and oxygen atoms in total. The molecular formula is C7H8FNO. The topological polar surface area (TPSA) is 35.2 Å². The molecule has 0 heterocycles. The van der Waals surface area contributed by atoms with Crippen molar-refractivity contribution in [1.29, 1.82) is 0 Å². The Kier molecular flexibility index (Phi) is 0.974. The van der Waals surface area contributed by atoms with Crippen molar-refractivity contribution in [2.75, 3.05) is 12.8 Å². The van der Waals surface area contributed by atoms with Crippen LogP contribution in [0.25, 0.3) is 0 Å². The number of hydrogen-bond donors (Lipinski definition) is 1. The predicted molar refractivity (Wildman–Crippen MR) is 37.4 cm³/mol. The average Bonchev–Trinajstić information content (AvgIpc) is 1.94. The highest BCUT2D eigenvalue weighted by Crippen LogP contribution is 2.17. The van der Waals surface area contributed by atoms with Crippen LogP contribution < -0.4 is 10.5 Å². The fourth-order valence-electron chi connectivity index (χ4n) is 0.585. The van der Waals surface area contributed by atoms with Crippen molar-refractivity contribution in [2.24, 2.45) is 0 Å². The molecule has 0 saturated carbocycles. The van der Waals surface area contributed by atoms with Gasteiger partial charge in [-0.15, -0.1) is 0 Å². The van der Waals surface area contributed by atoms with Crippen molar-refractivity contribution >= 4 is 5.69 Å². The molecule has 0 amide bonds. The van der Waals surface area contributed by atoms with Crippen molar-refractivity contribution in [2.45, 2.75) is 0 Å². The highest BCUT2D eigenvalue weighted by molar-refractivity contribution is 5.45. The van der Waals surface area contributed by atoms with Gasteiger partial charge in [0.1, 0.15) is 11.6 Å². The van der Waals surface area contributed by atoms with Crippen LogP contribution in [0, 0.1) is 5.82 Å². The lowest BCUT2D eigenvalue weighted by molar-refractivity contribution is 0.414. The molecule has 54 valence electrons. The fourth-order valence-corrected chi connectivity index (χ4v) is 0.585. The number of nitrogens with two attached hydrogens (primary N) is 1. The SMILES string of the molecule is [2H]C([2H])([2H])Oc1ccc(F)c(N)c1. The molecule has 0 saturated heterocycles. The van der Waals surface area contributed by atoms with Gasteiger partial charge in [-0.2, -0.15) is 0 Å². The van der Waals surface area contributed by atoms with E-state index in [1.165, 1.54) is 6.07 Å². The van der Waals surface area contributed by atoms with Crippen molar-refractivity contribution in [3.8, 4) is 5.75 Å². The second-order valence-corrected chi connectivity index (χ2v) is 1.79. The summed E-state index contributed by atoms with van der Waals surface area (Å²) in [7, 11) is -2.54. The molecule has 0 aliphatic rings. The van der Waals surface area contributed by atoms with Gasteiger partial charge in [-0.3, -0.25) is 0 Å². The number of nitrogen functional groups attached to an aromatic ring is 1. The molecule has 3 heteroatoms. The first-order valence-corrected chi connectivity index (χ1v) is 2.62. The lowest BCUT2D eigenvalue weighted by Crippen LogP contribution is -1.91. The maximum Gasteiger partial charge on any atom is 0.146 e. The molecular weight excluding hydrogens is 133 g/mol. The van der Waals surface area contributed by atoms with Gasteiger partial charge in [0.05, 0.1) is 16.8 Å². The van der Waals surface area contributed by atoms with E-state index in [-0.39, 0.29) is 11.4 Å². The molecule has 0 atom stereocenters. The summed E-state index contributed by atoms with van der Waals surface area (Å²) in [5.41, 5.74) is 5.06. The zero-order chi connectivity index (χ0) is 10.1. The van der Waals surface area contributed by atoms with Crippen molar-refractivity contribution in [3.63, 3.8) is 0 Å². The molecule has 0 aliphatic carbocycles. The maximum absolute atomic E-state index is 12.6. The summed E-state index contributed by atoms with van der Waals surface area (Å²) in [5.74, 6) is -0.572. The zero-order valence-electron chi connectivity index (χ0n) is 8.10. The summed E-state index contributed by atoms with van der Waals surface area (Å²) in [4.78, 5) is 0. The maximum atomic E-state index is 12.6. The number of methoxy groups -OCH3 is 1. The van der Waals surface area contributed by atoms with Crippen molar-refractivity contribution in [1.82, 2.24) is 0 Å². The Labute approximate surface area is 62.6 Å². The average molecular weight is 144 g/mol. The minimum absolute atomic E-state index is 0.0268. The van der Waals surface area contributed by atoms with E-state index < -0.39 is 12.9 Å². The Morgan fingerprint density at radius 3 is 3.10 bits per heavy atom. The van der Waals surface area contributed by atoms with Crippen LogP contribution in [0.2, 0.25) is 0 Å². The van der Waals surface area contributed by atoms with Gasteiger partial charge in [0.15, 0.2) is 0 Å². The Balaban J connectivity index is 2.86. The second kappa shape index (κ2) is 2.56. The van der Waals surface area contributed by atoms with Gasteiger partial charge >= 0.3 is 0 Å². The van der Waals surface area contributed by atoms with Crippen LogP contribution >= 0.6 is 0 Å². The van der Waals surface area contributed by atoms with Gasteiger partial charge in [0.2, 0.25) is 0 Å². The normalized spacial score (nSPS) is 15.1. The van der Waals surface area contributed by atoms with Crippen molar-refractivity contribution in [3.05, 3.63) is 24.0 Å². The Hall–Kier alpha value is -1.25. The molecule has 1 aromatic rings. The van der Waals surface area contributed by atoms with E-state index in [0.717, 1.165) is 12.1 Å². The fraction of sp³-hybridized carbons (Fsp3) is 0.143. The summed E-state index contributed by atoms with van der Waals surface area (Å²) in [6.45, 7) is 0. The Morgan fingerprint density at radius 2 is 2.50 bits per heavy atom. The molecule has 0 radical (unpaired) electrons. The van der Waals surface area contributed by atoms with Crippen LogP contribution in [0.5, 0.6) is 5.75 Å². The van der Waals surface area contributed by atoms with Crippen LogP contribution in [0.3, 0.4) is 0 Å². The van der Waals surface area contributed by atoms with Gasteiger partial charge in [0.25, 0.3) is 0 Å². The predicted octanol–water partition coefficient (Wildman–Crippen LogP) is 1.42. The molecule has 0 bridgehead atoms. The van der Waals surface area contributed by atoms with E-state index >= 15 is 0 Å². The highest BCUT2D eigenvalue weighted by atomic mass is 19.1. The van der Waals surface area contributed by atoms with Gasteiger partial charge in [-0.1, -0.05) is 0 Å². The smallest absolute Gasteiger partial charge is 0.146 e. The van der Waals surface area contributed by atoms with E-state index in [4.69, 9.17) is 9.85 Å². The molecule has 0 aromatic heterocycles. The van der Waals surface area contributed by atoms with Gasteiger partial charge in [0, 0.05) is 6.07 Å². The van der Waals surface area contributed by atoms with Crippen molar-refractivity contribution < 1.29 is 13.2 Å². The number of benzene rings is 1. The summed E-state index contributed by atoms with van der Waals surface area (Å²) in [5, 5.41) is 0. The van der Waals surface area contributed by atoms with Crippen LogP contribution in [0.4, 0.5) is 10.1 Å². The monoisotopic (exact) mass is 144 g/mol. The lowest BCUT2D eigenvalue weighted by atomic mass is 10.3. The number of anilines is 1. The van der Waals surface area contributed by atoms with E-state index in [9.17, 15) is 4.39 Å². The number of ether oxygens (including phenoxy) is 1. The first-order chi connectivity index (χ1) is 5.88. The molecule has 0 unspecified atom stereocenters. The van der Waals surface area contributed by atoms with Crippen LogP contribution in [0.15, 0.2) is 18.2 Å². The van der Waals surface area contributed by atoms with Gasteiger partial charge < -0.3 is 10.5 Å². The zero-order valence-corrected chi connectivity index (χ0v) is 5.10. The van der Waals surface area contributed by atoms with Gasteiger partial charge in [-0.25, -0.2) is 4.39 Å². The van der Waals surface area contributed by atoms with Gasteiger partial charge in [-0.05, 0) is 12.1 Å². The summed E-state index contributed by atoms with van der Waals surface area (Å²) in [6.07, 6.45) is 0. The first-order valence-electron chi connectivity index (χ1n) is 4.12. The summed E-state index contributed by atoms with van der Waals surface area (Å²) >= 11 is 0. The highest BCUT2D eigenvalue weighted by Gasteiger charge is 1.97. The molecule has 1 rings (SSSR count). The third-order valence-corrected chi connectivity index (χ3v) is 1.09. The summed E-state index contributed by atoms with van der Waals surface area (Å²) in [6, 6.07) is 3.39. The third-order valence-electron chi connectivity index (χ3n) is 1.09. The van der Waals surface area contributed by atoms with Crippen LogP contribution in [0.1, 0.15) is 4.11 Å². The Bertz CT molecular complexity index is 313. The number of hydrogen-bond acceptors (Lipinski definition) is 2. The largest absolute Gasteiger partial charge is 0.497 e. The first kappa shape index (κ1) is 3.81. The van der Waals surface area contributed by atoms with Crippen LogP contribution in [-0.4, -0.2) is 7.04 Å². The van der Waals surface area contributed by atoms with Crippen LogP contribution in [-0.2, 0) is 0 Å². The van der Waals surface area contributed by atoms with E-state index in [1.54, 1.807) is 0 Å². The molecule has 1 aromatic carbocycles. The molecule has 0 fully saturated rings. The Morgan fingerprint density at radius 1 is 1.70 bits per heavy atom. The molecule has 2 N–H and O–H groups in total. The minimum atomic E-state index is -2.54. The van der Waals surface area contributed by atoms with E-state index in [2.05, 4.69) is 4.74 Å². The quantitative estimate of drug-likeness (QED) is 0.605. The standard InChI is InChI=1S/C7H8FNO/c1-10-5-2-3-6(8)7(9)4-5/h2-4H,9H2,1H3/i1D3. The van der Waals surface area contributed by atoms with E-state index in [1.807, 2.05) is 0 Å². The minimum Gasteiger partial charge on any atom is -0.497 e. The molecule has 10 heavy (non-hydrogen) atoms. The third kappa shape index (κ3) is 1.18. The molecule has 0 spiro atoms. The summed E-state index contributed by atoms with van der Waals surface area (Å²) < 4.78 is 37.4. The van der Waals surface area contributed by atoms with E-state index in [0.29, 0.717) is 0 Å². The lowest BCUT2D eigenvalue weighted by Gasteiger charge is -2.00. The number of rotatable bonds is 1. The number of halogens is 1.